The Morgan fingerprint density at radius 1 is 1.09 bits per heavy atom. The molecule has 1 aliphatic heterocycles. The van der Waals surface area contributed by atoms with Crippen LogP contribution >= 0.6 is 0 Å². The molecule has 0 saturated carbocycles. The number of hydrogen-bond donors (Lipinski definition) is 0. The van der Waals surface area contributed by atoms with Crippen LogP contribution in [0, 0.1) is 0 Å². The Morgan fingerprint density at radius 3 is 2.70 bits per heavy atom. The maximum atomic E-state index is 12.8. The summed E-state index contributed by atoms with van der Waals surface area (Å²) in [6.45, 7) is -5.31. The number of halogens is 4. The maximum Gasteiger partial charge on any atom is 0.387 e. The van der Waals surface area contributed by atoms with Gasteiger partial charge in [-0.25, -0.2) is 0 Å². The number of likely N-dealkylation sites (tertiary alicyclic amines) is 1. The van der Waals surface area contributed by atoms with Gasteiger partial charge in [0.1, 0.15) is 17.3 Å². The third kappa shape index (κ3) is 5.41. The zero-order valence-electron chi connectivity index (χ0n) is 17.3. The van der Waals surface area contributed by atoms with Gasteiger partial charge >= 0.3 is 13.2 Å². The van der Waals surface area contributed by atoms with E-state index in [4.69, 9.17) is 0 Å². The molecule has 2 aromatic heterocycles. The van der Waals surface area contributed by atoms with Crippen LogP contribution in [-0.2, 0) is 4.79 Å². The van der Waals surface area contributed by atoms with Gasteiger partial charge in [-0.1, -0.05) is 6.07 Å². The molecule has 11 heteroatoms. The van der Waals surface area contributed by atoms with Crippen LogP contribution in [0.3, 0.4) is 0 Å². The summed E-state index contributed by atoms with van der Waals surface area (Å²) in [6.07, 6.45) is 6.04. The average molecular weight is 464 g/mol. The van der Waals surface area contributed by atoms with Gasteiger partial charge in [0, 0.05) is 42.9 Å². The number of carbonyl (C=O) groups excluding carboxylic acids is 1. The van der Waals surface area contributed by atoms with Gasteiger partial charge in [0.2, 0.25) is 5.91 Å². The highest BCUT2D eigenvalue weighted by Gasteiger charge is 2.27. The molecule has 0 spiro atoms. The monoisotopic (exact) mass is 464 g/mol. The molecule has 0 radical (unpaired) electrons. The second-order valence-electron chi connectivity index (χ2n) is 7.40. The fourth-order valence-corrected chi connectivity index (χ4v) is 3.82. The molecule has 3 heterocycles. The minimum atomic E-state index is -3.17. The summed E-state index contributed by atoms with van der Waals surface area (Å²) in [7, 11) is 0. The van der Waals surface area contributed by atoms with Gasteiger partial charge in [0.05, 0.1) is 0 Å². The van der Waals surface area contributed by atoms with Crippen LogP contribution in [0.2, 0.25) is 0 Å². The number of rotatable bonds is 7. The van der Waals surface area contributed by atoms with E-state index in [2.05, 4.69) is 19.7 Å². The number of alkyl halides is 4. The Labute approximate surface area is 186 Å². The highest BCUT2D eigenvalue weighted by molar-refractivity contribution is 5.92. The lowest BCUT2D eigenvalue weighted by Gasteiger charge is -2.31. The number of pyridine rings is 1. The predicted molar refractivity (Wildman–Crippen MR) is 110 cm³/mol. The highest BCUT2D eigenvalue weighted by Crippen LogP contribution is 2.29. The number of nitrogens with zero attached hydrogens (tertiary/aromatic N) is 4. The van der Waals surface area contributed by atoms with Gasteiger partial charge in [-0.3, -0.25) is 9.20 Å². The largest absolute Gasteiger partial charge is 0.435 e. The molecule has 1 saturated heterocycles. The van der Waals surface area contributed by atoms with Gasteiger partial charge in [0.15, 0.2) is 5.65 Å². The first-order valence-electron chi connectivity index (χ1n) is 10.2. The van der Waals surface area contributed by atoms with Crippen molar-refractivity contribution in [3.8, 4) is 11.5 Å². The lowest BCUT2D eigenvalue weighted by Crippen LogP contribution is -2.38. The Bertz CT molecular complexity index is 1150. The molecule has 1 aliphatic rings. The molecule has 7 nitrogen and oxygen atoms in total. The summed E-state index contributed by atoms with van der Waals surface area (Å²) in [5.41, 5.74) is 0.851. The Hall–Kier alpha value is -3.63. The van der Waals surface area contributed by atoms with Crippen LogP contribution in [0.25, 0.3) is 11.7 Å². The van der Waals surface area contributed by atoms with Crippen molar-refractivity contribution >= 4 is 17.6 Å². The Balaban J connectivity index is 1.48. The van der Waals surface area contributed by atoms with Crippen LogP contribution in [0.15, 0.2) is 48.7 Å². The van der Waals surface area contributed by atoms with Crippen LogP contribution in [-0.4, -0.2) is 51.7 Å². The zero-order valence-corrected chi connectivity index (χ0v) is 17.3. The number of aromatic nitrogens is 3. The standard InChI is InChI=1S/C22H20F4N4O3/c23-21(24)32-16-8-6-14(17(12-16)33-22(25)26)7-9-19(31)29-10-3-4-15(13-29)20-28-27-18-5-1-2-11-30(18)20/h1-2,5-9,11-12,15,21-22H,3-4,10,13H2/b9-7+. The molecule has 0 N–H and O–H groups in total. The topological polar surface area (TPSA) is 69.0 Å². The van der Waals surface area contributed by atoms with Gasteiger partial charge < -0.3 is 14.4 Å². The van der Waals surface area contributed by atoms with Gasteiger partial charge in [-0.15, -0.1) is 10.2 Å². The average Bonchev–Trinajstić information content (AvgIpc) is 3.22. The summed E-state index contributed by atoms with van der Waals surface area (Å²) in [5, 5.41) is 8.44. The van der Waals surface area contributed by atoms with E-state index in [-0.39, 0.29) is 28.9 Å². The molecule has 0 bridgehead atoms. The minimum absolute atomic E-state index is 0.00277. The Morgan fingerprint density at radius 2 is 1.91 bits per heavy atom. The van der Waals surface area contributed by atoms with Crippen LogP contribution in [0.4, 0.5) is 17.6 Å². The van der Waals surface area contributed by atoms with Crippen molar-refractivity contribution in [3.05, 3.63) is 60.1 Å². The second kappa shape index (κ2) is 9.88. The van der Waals surface area contributed by atoms with Crippen molar-refractivity contribution in [2.24, 2.45) is 0 Å². The third-order valence-electron chi connectivity index (χ3n) is 5.27. The van der Waals surface area contributed by atoms with Gasteiger partial charge in [0.25, 0.3) is 0 Å². The number of hydrogen-bond acceptors (Lipinski definition) is 5. The summed E-state index contributed by atoms with van der Waals surface area (Å²) in [4.78, 5) is 14.4. The summed E-state index contributed by atoms with van der Waals surface area (Å²) in [5.74, 6) is -0.252. The normalized spacial score (nSPS) is 16.8. The van der Waals surface area contributed by atoms with Crippen LogP contribution in [0.1, 0.15) is 30.1 Å². The quantitative estimate of drug-likeness (QED) is 0.384. The first kappa shape index (κ1) is 22.6. The van der Waals surface area contributed by atoms with Gasteiger partial charge in [-0.05, 0) is 43.2 Å². The first-order valence-corrected chi connectivity index (χ1v) is 10.2. The van der Waals surface area contributed by atoms with Crippen molar-refractivity contribution in [2.75, 3.05) is 13.1 Å². The minimum Gasteiger partial charge on any atom is -0.435 e. The third-order valence-corrected chi connectivity index (χ3v) is 5.27. The summed E-state index contributed by atoms with van der Waals surface area (Å²) < 4.78 is 60.8. The number of amides is 1. The fourth-order valence-electron chi connectivity index (χ4n) is 3.82. The van der Waals surface area contributed by atoms with Crippen molar-refractivity contribution in [1.82, 2.24) is 19.5 Å². The lowest BCUT2D eigenvalue weighted by atomic mass is 9.97. The molecule has 1 amide bonds. The van der Waals surface area contributed by atoms with E-state index in [9.17, 15) is 22.4 Å². The zero-order chi connectivity index (χ0) is 23.4. The molecular formula is C22H20F4N4O3. The van der Waals surface area contributed by atoms with Crippen LogP contribution < -0.4 is 9.47 Å². The van der Waals surface area contributed by atoms with E-state index in [0.29, 0.717) is 13.1 Å². The SMILES string of the molecule is O=C(/C=C/c1ccc(OC(F)F)cc1OC(F)F)N1CCCC(c2nnc3ccccn23)C1. The van der Waals surface area contributed by atoms with Crippen molar-refractivity contribution in [1.29, 1.82) is 0 Å². The molecule has 0 aliphatic carbocycles. The smallest absolute Gasteiger partial charge is 0.387 e. The van der Waals surface area contributed by atoms with Crippen molar-refractivity contribution < 1.29 is 31.8 Å². The van der Waals surface area contributed by atoms with Crippen molar-refractivity contribution in [3.63, 3.8) is 0 Å². The fraction of sp³-hybridized carbons (Fsp3) is 0.318. The molecule has 3 aromatic rings. The number of ether oxygens (including phenoxy) is 2. The molecule has 1 fully saturated rings. The summed E-state index contributed by atoms with van der Waals surface area (Å²) in [6, 6.07) is 8.97. The molecule has 4 rings (SSSR count). The van der Waals surface area contributed by atoms with E-state index in [1.165, 1.54) is 24.3 Å². The van der Waals surface area contributed by atoms with Crippen molar-refractivity contribution in [2.45, 2.75) is 32.0 Å². The lowest BCUT2D eigenvalue weighted by molar-refractivity contribution is -0.127. The van der Waals surface area contributed by atoms with E-state index in [1.54, 1.807) is 4.90 Å². The second-order valence-corrected chi connectivity index (χ2v) is 7.40. The molecule has 1 atom stereocenters. The number of fused-ring (bicyclic) bond motifs is 1. The molecular weight excluding hydrogens is 444 g/mol. The van der Waals surface area contributed by atoms with E-state index >= 15 is 0 Å². The molecule has 174 valence electrons. The van der Waals surface area contributed by atoms with E-state index in [0.717, 1.165) is 30.4 Å². The first-order chi connectivity index (χ1) is 15.9. The number of carbonyl (C=O) groups is 1. The molecule has 33 heavy (non-hydrogen) atoms. The van der Waals surface area contributed by atoms with E-state index in [1.807, 2.05) is 28.8 Å². The molecule has 1 aromatic carbocycles. The van der Waals surface area contributed by atoms with Crippen LogP contribution in [0.5, 0.6) is 11.5 Å². The summed E-state index contributed by atoms with van der Waals surface area (Å²) >= 11 is 0. The van der Waals surface area contributed by atoms with Gasteiger partial charge in [-0.2, -0.15) is 17.6 Å². The number of piperidine rings is 1. The number of benzene rings is 1. The highest BCUT2D eigenvalue weighted by atomic mass is 19.3. The predicted octanol–water partition coefficient (Wildman–Crippen LogP) is 4.35. The maximum absolute atomic E-state index is 12.8. The van der Waals surface area contributed by atoms with E-state index < -0.39 is 13.2 Å². The Kier molecular flexibility index (Phi) is 6.76. The molecule has 1 unspecified atom stereocenters.